The van der Waals surface area contributed by atoms with Crippen LogP contribution in [0.15, 0.2) is 192 Å². The lowest BCUT2D eigenvalue weighted by molar-refractivity contribution is 0.670. The molecule has 0 unspecified atom stereocenters. The summed E-state index contributed by atoms with van der Waals surface area (Å²) in [5, 5.41) is 9.67. The van der Waals surface area contributed by atoms with Crippen molar-refractivity contribution in [1.29, 1.82) is 0 Å². The van der Waals surface area contributed by atoms with Crippen LogP contribution in [0.2, 0.25) is 0 Å². The van der Waals surface area contributed by atoms with Crippen LogP contribution in [0.1, 0.15) is 0 Å². The van der Waals surface area contributed by atoms with Crippen molar-refractivity contribution in [3.05, 3.63) is 188 Å². The summed E-state index contributed by atoms with van der Waals surface area (Å²) >= 11 is 1.86. The predicted molar refractivity (Wildman–Crippen MR) is 227 cm³/mol. The minimum atomic E-state index is 0.871. The van der Waals surface area contributed by atoms with Crippen LogP contribution >= 0.6 is 11.3 Å². The van der Waals surface area contributed by atoms with Crippen molar-refractivity contribution in [3.8, 4) is 22.3 Å². The zero-order chi connectivity index (χ0) is 34.9. The van der Waals surface area contributed by atoms with E-state index in [0.29, 0.717) is 0 Å². The standard InChI is InChI=1S/C50H31NOS/c1-3-12-32(13-4-1)36-25-27-42-46(30-36)52-49-39(33-14-5-2-6-15-33)28-29-44(48(42)49)51(45-20-11-19-41-40-18-9-10-21-47(40)53-50(41)45)37-26-24-35-23-22-34-16-7-8-17-38(34)43(35)31-37/h1-31H. The Hall–Kier alpha value is -6.68. The van der Waals surface area contributed by atoms with Crippen molar-refractivity contribution in [2.75, 3.05) is 4.90 Å². The molecule has 3 heteroatoms. The maximum Gasteiger partial charge on any atom is 0.145 e. The molecule has 0 N–H and O–H groups in total. The Balaban J connectivity index is 1.25. The summed E-state index contributed by atoms with van der Waals surface area (Å²) < 4.78 is 9.54. The number of hydrogen-bond acceptors (Lipinski definition) is 3. The van der Waals surface area contributed by atoms with Gasteiger partial charge in [-0.25, -0.2) is 0 Å². The third-order valence-electron chi connectivity index (χ3n) is 10.6. The van der Waals surface area contributed by atoms with E-state index in [-0.39, 0.29) is 0 Å². The zero-order valence-corrected chi connectivity index (χ0v) is 29.5. The highest BCUT2D eigenvalue weighted by molar-refractivity contribution is 7.26. The smallest absolute Gasteiger partial charge is 0.145 e. The lowest BCUT2D eigenvalue weighted by Gasteiger charge is -2.27. The topological polar surface area (TPSA) is 16.4 Å². The molecule has 0 amide bonds. The van der Waals surface area contributed by atoms with Gasteiger partial charge in [0.25, 0.3) is 0 Å². The van der Waals surface area contributed by atoms with Crippen LogP contribution in [0.4, 0.5) is 17.1 Å². The number of nitrogens with zero attached hydrogens (tertiary/aromatic N) is 1. The van der Waals surface area contributed by atoms with Crippen LogP contribution in [0.3, 0.4) is 0 Å². The van der Waals surface area contributed by atoms with Crippen LogP contribution in [-0.2, 0) is 0 Å². The summed E-state index contributed by atoms with van der Waals surface area (Å²) in [7, 11) is 0. The molecule has 11 aromatic rings. The van der Waals surface area contributed by atoms with Gasteiger partial charge in [-0.2, -0.15) is 0 Å². The lowest BCUT2D eigenvalue weighted by Crippen LogP contribution is -2.10. The van der Waals surface area contributed by atoms with Gasteiger partial charge in [-0.3, -0.25) is 0 Å². The molecule has 9 aromatic carbocycles. The third-order valence-corrected chi connectivity index (χ3v) is 11.9. The van der Waals surface area contributed by atoms with Crippen LogP contribution < -0.4 is 4.90 Å². The van der Waals surface area contributed by atoms with Crippen LogP contribution in [0, 0.1) is 0 Å². The van der Waals surface area contributed by atoms with Crippen molar-refractivity contribution in [2.24, 2.45) is 0 Å². The fourth-order valence-corrected chi connectivity index (χ4v) is 9.36. The van der Waals surface area contributed by atoms with Crippen molar-refractivity contribution < 1.29 is 4.42 Å². The molecule has 11 rings (SSSR count). The minimum Gasteiger partial charge on any atom is -0.455 e. The quantitative estimate of drug-likeness (QED) is 0.167. The monoisotopic (exact) mass is 693 g/mol. The second-order valence-electron chi connectivity index (χ2n) is 13.7. The van der Waals surface area contributed by atoms with E-state index in [0.717, 1.165) is 55.7 Å². The molecule has 0 aliphatic heterocycles. The molecule has 2 heterocycles. The SMILES string of the molecule is c1ccc(-c2ccc3c(c2)oc2c(-c4ccccc4)ccc(N(c4ccc5ccc6ccccc6c5c4)c4cccc5c4sc4ccccc45)c23)cc1. The highest BCUT2D eigenvalue weighted by Gasteiger charge is 2.25. The van der Waals surface area contributed by atoms with Crippen LogP contribution in [0.25, 0.3) is 85.9 Å². The molecule has 0 bridgehead atoms. The number of hydrogen-bond donors (Lipinski definition) is 0. The number of thiophene rings is 1. The third kappa shape index (κ3) is 4.78. The Kier molecular flexibility index (Phi) is 6.76. The molecule has 248 valence electrons. The average Bonchev–Trinajstić information content (AvgIpc) is 3.81. The molecule has 53 heavy (non-hydrogen) atoms. The number of fused-ring (bicyclic) bond motifs is 9. The van der Waals surface area contributed by atoms with Crippen molar-refractivity contribution >= 4 is 92.1 Å². The first-order valence-electron chi connectivity index (χ1n) is 18.0. The molecular weight excluding hydrogens is 663 g/mol. The van der Waals surface area contributed by atoms with E-state index >= 15 is 0 Å². The van der Waals surface area contributed by atoms with Gasteiger partial charge in [0.15, 0.2) is 0 Å². The summed E-state index contributed by atoms with van der Waals surface area (Å²) in [4.78, 5) is 2.47. The molecule has 2 nitrogen and oxygen atoms in total. The van der Waals surface area contributed by atoms with Gasteiger partial charge in [-0.1, -0.05) is 140 Å². The minimum absolute atomic E-state index is 0.871. The highest BCUT2D eigenvalue weighted by atomic mass is 32.1. The van der Waals surface area contributed by atoms with Crippen molar-refractivity contribution in [2.45, 2.75) is 0 Å². The van der Waals surface area contributed by atoms with Crippen molar-refractivity contribution in [3.63, 3.8) is 0 Å². The fraction of sp³-hybridized carbons (Fsp3) is 0. The summed E-state index contributed by atoms with van der Waals surface area (Å²) in [5.41, 5.74) is 9.58. The Morgan fingerprint density at radius 1 is 0.415 bits per heavy atom. The number of rotatable bonds is 5. The van der Waals surface area contributed by atoms with Gasteiger partial charge in [-0.05, 0) is 86.8 Å². The molecule has 0 atom stereocenters. The Morgan fingerprint density at radius 3 is 1.96 bits per heavy atom. The summed E-state index contributed by atoms with van der Waals surface area (Å²) in [6.45, 7) is 0. The van der Waals surface area contributed by atoms with E-state index < -0.39 is 0 Å². The Bertz CT molecular complexity index is 3180. The van der Waals surface area contributed by atoms with Crippen molar-refractivity contribution in [1.82, 2.24) is 0 Å². The molecular formula is C50H31NOS. The van der Waals surface area contributed by atoms with Gasteiger partial charge in [0.05, 0.1) is 21.5 Å². The normalized spacial score (nSPS) is 11.8. The predicted octanol–water partition coefficient (Wildman–Crippen LogP) is 15.1. The van der Waals surface area contributed by atoms with Gasteiger partial charge in [0.1, 0.15) is 11.2 Å². The highest BCUT2D eigenvalue weighted by Crippen LogP contribution is 2.50. The summed E-state index contributed by atoms with van der Waals surface area (Å²) in [6.07, 6.45) is 0. The molecule has 2 aromatic heterocycles. The molecule has 0 radical (unpaired) electrons. The molecule has 0 aliphatic carbocycles. The van der Waals surface area contributed by atoms with E-state index in [1.165, 1.54) is 47.3 Å². The molecule has 0 saturated heterocycles. The van der Waals surface area contributed by atoms with E-state index in [2.05, 4.69) is 193 Å². The molecule has 0 saturated carbocycles. The summed E-state index contributed by atoms with van der Waals surface area (Å²) in [5.74, 6) is 0. The zero-order valence-electron chi connectivity index (χ0n) is 28.7. The second-order valence-corrected chi connectivity index (χ2v) is 14.7. The Labute approximate surface area is 310 Å². The van der Waals surface area contributed by atoms with Gasteiger partial charge >= 0.3 is 0 Å². The number of benzene rings is 9. The number of furan rings is 1. The van der Waals surface area contributed by atoms with Gasteiger partial charge in [-0.15, -0.1) is 11.3 Å². The number of anilines is 3. The van der Waals surface area contributed by atoms with E-state index in [4.69, 9.17) is 4.42 Å². The summed E-state index contributed by atoms with van der Waals surface area (Å²) in [6, 6.07) is 67.9. The fourth-order valence-electron chi connectivity index (χ4n) is 8.15. The first-order valence-corrected chi connectivity index (χ1v) is 18.8. The van der Waals surface area contributed by atoms with Crippen LogP contribution in [0.5, 0.6) is 0 Å². The van der Waals surface area contributed by atoms with Crippen LogP contribution in [-0.4, -0.2) is 0 Å². The molecule has 0 aliphatic rings. The van der Waals surface area contributed by atoms with Gasteiger partial charge in [0.2, 0.25) is 0 Å². The van der Waals surface area contributed by atoms with E-state index in [1.54, 1.807) is 0 Å². The van der Waals surface area contributed by atoms with E-state index in [9.17, 15) is 0 Å². The first kappa shape index (κ1) is 30.0. The molecule has 0 spiro atoms. The second kappa shape index (κ2) is 11.9. The average molecular weight is 694 g/mol. The Morgan fingerprint density at radius 2 is 1.11 bits per heavy atom. The first-order chi connectivity index (χ1) is 26.3. The van der Waals surface area contributed by atoms with Gasteiger partial charge < -0.3 is 9.32 Å². The largest absolute Gasteiger partial charge is 0.455 e. The van der Waals surface area contributed by atoms with Gasteiger partial charge in [0, 0.05) is 32.1 Å². The molecule has 0 fully saturated rings. The maximum atomic E-state index is 7.00. The lowest BCUT2D eigenvalue weighted by atomic mass is 9.98. The van der Waals surface area contributed by atoms with E-state index in [1.807, 2.05) is 11.3 Å². The maximum absolute atomic E-state index is 7.00.